The molecule has 1 aliphatic rings. The zero-order chi connectivity index (χ0) is 11.0. The Morgan fingerprint density at radius 1 is 1.06 bits per heavy atom. The standard InChI is InChI=1S/C12H8O4/c13-12(9-3-4-14-6-9)8-1-2-10-11(5-8)16-7-15-10/h1-6H,7H2. The van der Waals surface area contributed by atoms with Gasteiger partial charge in [-0.1, -0.05) is 0 Å². The minimum Gasteiger partial charge on any atom is -0.472 e. The molecule has 16 heavy (non-hydrogen) atoms. The molecule has 4 nitrogen and oxygen atoms in total. The quantitative estimate of drug-likeness (QED) is 0.722. The molecule has 3 rings (SSSR count). The predicted molar refractivity (Wildman–Crippen MR) is 54.7 cm³/mol. The topological polar surface area (TPSA) is 48.7 Å². The Kier molecular flexibility index (Phi) is 1.93. The maximum atomic E-state index is 12.0. The van der Waals surface area contributed by atoms with Crippen molar-refractivity contribution in [3.05, 3.63) is 47.9 Å². The lowest BCUT2D eigenvalue weighted by Gasteiger charge is -2.00. The smallest absolute Gasteiger partial charge is 0.231 e. The van der Waals surface area contributed by atoms with Crippen LogP contribution >= 0.6 is 0 Å². The minimum atomic E-state index is -0.0907. The molecule has 0 N–H and O–H groups in total. The van der Waals surface area contributed by atoms with E-state index in [1.807, 2.05) is 0 Å². The van der Waals surface area contributed by atoms with E-state index in [-0.39, 0.29) is 12.6 Å². The number of ketones is 1. The van der Waals surface area contributed by atoms with Gasteiger partial charge in [0, 0.05) is 5.56 Å². The van der Waals surface area contributed by atoms with E-state index in [0.717, 1.165) is 0 Å². The monoisotopic (exact) mass is 216 g/mol. The molecule has 4 heteroatoms. The summed E-state index contributed by atoms with van der Waals surface area (Å²) in [5.41, 5.74) is 1.09. The average molecular weight is 216 g/mol. The molecule has 0 fully saturated rings. The van der Waals surface area contributed by atoms with Crippen molar-refractivity contribution in [2.45, 2.75) is 0 Å². The van der Waals surface area contributed by atoms with E-state index < -0.39 is 0 Å². The molecular weight excluding hydrogens is 208 g/mol. The van der Waals surface area contributed by atoms with E-state index in [1.54, 1.807) is 24.3 Å². The van der Waals surface area contributed by atoms with Crippen molar-refractivity contribution in [3.8, 4) is 11.5 Å². The van der Waals surface area contributed by atoms with E-state index in [9.17, 15) is 4.79 Å². The van der Waals surface area contributed by atoms with E-state index in [4.69, 9.17) is 13.9 Å². The van der Waals surface area contributed by atoms with Gasteiger partial charge in [0.05, 0.1) is 11.8 Å². The highest BCUT2D eigenvalue weighted by molar-refractivity contribution is 6.09. The Labute approximate surface area is 91.4 Å². The zero-order valence-corrected chi connectivity index (χ0v) is 8.30. The Morgan fingerprint density at radius 3 is 2.75 bits per heavy atom. The van der Waals surface area contributed by atoms with Crippen LogP contribution in [0.3, 0.4) is 0 Å². The second-order valence-electron chi connectivity index (χ2n) is 3.41. The van der Waals surface area contributed by atoms with Crippen LogP contribution in [0.4, 0.5) is 0 Å². The number of hydrogen-bond acceptors (Lipinski definition) is 4. The first-order valence-corrected chi connectivity index (χ1v) is 4.81. The van der Waals surface area contributed by atoms with Gasteiger partial charge in [0.1, 0.15) is 6.26 Å². The highest BCUT2D eigenvalue weighted by atomic mass is 16.7. The summed E-state index contributed by atoms with van der Waals surface area (Å²) in [4.78, 5) is 12.0. The van der Waals surface area contributed by atoms with Gasteiger partial charge in [-0.05, 0) is 24.3 Å². The summed E-state index contributed by atoms with van der Waals surface area (Å²) in [5.74, 6) is 1.19. The van der Waals surface area contributed by atoms with E-state index in [0.29, 0.717) is 22.6 Å². The SMILES string of the molecule is O=C(c1ccoc1)c1ccc2c(c1)OCO2. The highest BCUT2D eigenvalue weighted by Gasteiger charge is 2.17. The van der Waals surface area contributed by atoms with E-state index in [2.05, 4.69) is 0 Å². The Bertz CT molecular complexity index is 528. The van der Waals surface area contributed by atoms with Crippen molar-refractivity contribution in [2.24, 2.45) is 0 Å². The van der Waals surface area contributed by atoms with Gasteiger partial charge in [-0.25, -0.2) is 0 Å². The van der Waals surface area contributed by atoms with Gasteiger partial charge >= 0.3 is 0 Å². The van der Waals surface area contributed by atoms with Crippen LogP contribution in [0.15, 0.2) is 41.2 Å². The van der Waals surface area contributed by atoms with Crippen molar-refractivity contribution < 1.29 is 18.7 Å². The largest absolute Gasteiger partial charge is 0.472 e. The molecule has 1 aromatic heterocycles. The summed E-state index contributed by atoms with van der Waals surface area (Å²) in [6.45, 7) is 0.207. The fourth-order valence-corrected chi connectivity index (χ4v) is 1.60. The van der Waals surface area contributed by atoms with Crippen molar-refractivity contribution in [1.29, 1.82) is 0 Å². The third-order valence-corrected chi connectivity index (χ3v) is 2.42. The normalized spacial score (nSPS) is 12.8. The van der Waals surface area contributed by atoms with Gasteiger partial charge in [0.25, 0.3) is 0 Å². The fraction of sp³-hybridized carbons (Fsp3) is 0.0833. The van der Waals surface area contributed by atoms with Crippen molar-refractivity contribution in [3.63, 3.8) is 0 Å². The second kappa shape index (κ2) is 3.41. The highest BCUT2D eigenvalue weighted by Crippen LogP contribution is 2.33. The van der Waals surface area contributed by atoms with Crippen LogP contribution in [0.25, 0.3) is 0 Å². The first kappa shape index (κ1) is 9.03. The first-order chi connectivity index (χ1) is 7.84. The minimum absolute atomic E-state index is 0.0907. The number of hydrogen-bond donors (Lipinski definition) is 0. The zero-order valence-electron chi connectivity index (χ0n) is 8.30. The van der Waals surface area contributed by atoms with Gasteiger partial charge in [-0.2, -0.15) is 0 Å². The van der Waals surface area contributed by atoms with Gasteiger partial charge < -0.3 is 13.9 Å². The van der Waals surface area contributed by atoms with Crippen LogP contribution in [0.5, 0.6) is 11.5 Å². The van der Waals surface area contributed by atoms with E-state index in [1.165, 1.54) is 12.5 Å². The molecule has 1 aromatic carbocycles. The van der Waals surface area contributed by atoms with Gasteiger partial charge in [0.2, 0.25) is 6.79 Å². The summed E-state index contributed by atoms with van der Waals surface area (Å²) in [7, 11) is 0. The number of rotatable bonds is 2. The molecule has 1 aliphatic heterocycles. The molecule has 0 saturated heterocycles. The van der Waals surface area contributed by atoms with Crippen LogP contribution in [0.1, 0.15) is 15.9 Å². The second-order valence-corrected chi connectivity index (χ2v) is 3.41. The Morgan fingerprint density at radius 2 is 1.94 bits per heavy atom. The van der Waals surface area contributed by atoms with Crippen molar-refractivity contribution in [2.75, 3.05) is 6.79 Å². The summed E-state index contributed by atoms with van der Waals surface area (Å²) in [6.07, 6.45) is 2.90. The van der Waals surface area contributed by atoms with Gasteiger partial charge in [-0.3, -0.25) is 4.79 Å². The maximum Gasteiger partial charge on any atom is 0.231 e. The number of ether oxygens (including phenoxy) is 2. The Balaban J connectivity index is 1.99. The van der Waals surface area contributed by atoms with Crippen LogP contribution in [0.2, 0.25) is 0 Å². The molecule has 2 heterocycles. The molecule has 0 spiro atoms. The Hall–Kier alpha value is -2.23. The molecule has 0 saturated carbocycles. The molecule has 2 aromatic rings. The maximum absolute atomic E-state index is 12.0. The molecular formula is C12H8O4. The predicted octanol–water partition coefficient (Wildman–Crippen LogP) is 2.24. The van der Waals surface area contributed by atoms with Crippen LogP contribution in [-0.2, 0) is 0 Å². The molecule has 0 radical (unpaired) electrons. The number of fused-ring (bicyclic) bond motifs is 1. The molecule has 0 bridgehead atoms. The molecule has 80 valence electrons. The summed E-state index contributed by atoms with van der Waals surface area (Å²) >= 11 is 0. The molecule has 0 amide bonds. The molecule has 0 aliphatic carbocycles. The van der Waals surface area contributed by atoms with Crippen LogP contribution in [0, 0.1) is 0 Å². The number of benzene rings is 1. The lowest BCUT2D eigenvalue weighted by Crippen LogP contribution is -1.99. The van der Waals surface area contributed by atoms with Crippen molar-refractivity contribution in [1.82, 2.24) is 0 Å². The van der Waals surface area contributed by atoms with E-state index >= 15 is 0 Å². The first-order valence-electron chi connectivity index (χ1n) is 4.81. The van der Waals surface area contributed by atoms with Crippen LogP contribution in [-0.4, -0.2) is 12.6 Å². The van der Waals surface area contributed by atoms with Gasteiger partial charge in [0.15, 0.2) is 17.3 Å². The lowest BCUT2D eigenvalue weighted by atomic mass is 10.1. The van der Waals surface area contributed by atoms with Crippen LogP contribution < -0.4 is 9.47 Å². The number of carbonyl (C=O) groups excluding carboxylic acids is 1. The average Bonchev–Trinajstić information content (AvgIpc) is 2.98. The fourth-order valence-electron chi connectivity index (χ4n) is 1.60. The summed E-state index contributed by atoms with van der Waals surface area (Å²) in [6, 6.07) is 6.75. The number of carbonyl (C=O) groups is 1. The van der Waals surface area contributed by atoms with Crippen molar-refractivity contribution >= 4 is 5.78 Å². The molecule has 0 atom stereocenters. The van der Waals surface area contributed by atoms with Gasteiger partial charge in [-0.15, -0.1) is 0 Å². The lowest BCUT2D eigenvalue weighted by molar-refractivity contribution is 0.103. The summed E-state index contributed by atoms with van der Waals surface area (Å²) < 4.78 is 15.3. The third-order valence-electron chi connectivity index (χ3n) is 2.42. The summed E-state index contributed by atoms with van der Waals surface area (Å²) in [5, 5.41) is 0. The number of furan rings is 1. The molecule has 0 unspecified atom stereocenters. The third kappa shape index (κ3) is 1.35.